The summed E-state index contributed by atoms with van der Waals surface area (Å²) in [5, 5.41) is 17.6. The summed E-state index contributed by atoms with van der Waals surface area (Å²) in [6.45, 7) is 4.06. The van der Waals surface area contributed by atoms with Crippen LogP contribution in [-0.2, 0) is 9.36 Å². The molecule has 5 nitrogen and oxygen atoms in total. The molecule has 0 fully saturated rings. The Morgan fingerprint density at radius 2 is 1.60 bits per heavy atom. The van der Waals surface area contributed by atoms with Crippen molar-refractivity contribution in [2.24, 2.45) is 0 Å². The highest BCUT2D eigenvalue weighted by Crippen LogP contribution is 2.12. The van der Waals surface area contributed by atoms with Crippen LogP contribution < -0.4 is 0 Å². The minimum atomic E-state index is -2.14. The number of aliphatic hydroxyl groups excluding tert-OH is 1. The largest absolute Gasteiger partial charge is 0.481 e. The molecule has 3 N–H and O–H groups in total. The molecule has 0 aliphatic rings. The molecule has 0 aliphatic carbocycles. The van der Waals surface area contributed by atoms with Gasteiger partial charge < -0.3 is 15.1 Å². The van der Waals surface area contributed by atoms with E-state index in [9.17, 15) is 14.5 Å². The first-order valence-corrected chi connectivity index (χ1v) is 9.11. The predicted molar refractivity (Wildman–Crippen MR) is 82.6 cm³/mol. The lowest BCUT2D eigenvalue weighted by Crippen LogP contribution is -2.12. The molecule has 0 aliphatic heterocycles. The second-order valence-corrected chi connectivity index (χ2v) is 6.24. The fraction of sp³-hybridized carbons (Fsp3) is 0.929. The van der Waals surface area contributed by atoms with Crippen molar-refractivity contribution in [1.82, 2.24) is 0 Å². The van der Waals surface area contributed by atoms with Gasteiger partial charge in [0.05, 0.1) is 12.5 Å². The van der Waals surface area contributed by atoms with Crippen LogP contribution in [0.1, 0.15) is 71.6 Å². The first kappa shape index (κ1) is 21.9. The number of carboxylic acids is 1. The van der Waals surface area contributed by atoms with Crippen molar-refractivity contribution < 1.29 is 24.5 Å². The second kappa shape index (κ2) is 16.7. The normalized spacial score (nSPS) is 13.2. The molecule has 0 saturated heterocycles. The van der Waals surface area contributed by atoms with Gasteiger partial charge in [-0.05, 0) is 12.8 Å². The number of rotatable bonds is 11. The lowest BCUT2D eigenvalue weighted by Gasteiger charge is -2.06. The topological polar surface area (TPSA) is 94.8 Å². The van der Waals surface area contributed by atoms with Crippen LogP contribution in [0, 0.1) is 0 Å². The van der Waals surface area contributed by atoms with E-state index in [1.165, 1.54) is 25.7 Å². The molecule has 20 heavy (non-hydrogen) atoms. The first-order valence-electron chi connectivity index (χ1n) is 7.55. The van der Waals surface area contributed by atoms with Crippen LogP contribution in [0.5, 0.6) is 0 Å². The van der Waals surface area contributed by atoms with Gasteiger partial charge in [-0.2, -0.15) is 0 Å². The van der Waals surface area contributed by atoms with Gasteiger partial charge in [0.2, 0.25) is 0 Å². The SMILES string of the molecule is CCCCCCCCC(O)CC(=O)O.CCC[PH](=O)O. The fourth-order valence-corrected chi connectivity index (χ4v) is 2.11. The van der Waals surface area contributed by atoms with Crippen LogP contribution in [0.15, 0.2) is 0 Å². The molecule has 2 atom stereocenters. The van der Waals surface area contributed by atoms with Crippen molar-refractivity contribution in [2.75, 3.05) is 6.16 Å². The summed E-state index contributed by atoms with van der Waals surface area (Å²) >= 11 is 0. The average molecular weight is 310 g/mol. The van der Waals surface area contributed by atoms with Gasteiger partial charge in [0.15, 0.2) is 8.03 Å². The molecule has 6 heteroatoms. The maximum absolute atomic E-state index is 10.2. The van der Waals surface area contributed by atoms with E-state index in [2.05, 4.69) is 6.92 Å². The number of unbranched alkanes of at least 4 members (excludes halogenated alkanes) is 5. The lowest BCUT2D eigenvalue weighted by molar-refractivity contribution is -0.139. The zero-order valence-corrected chi connectivity index (χ0v) is 13.8. The van der Waals surface area contributed by atoms with Gasteiger partial charge in [0.1, 0.15) is 0 Å². The summed E-state index contributed by atoms with van der Waals surface area (Å²) in [6, 6.07) is 0. The summed E-state index contributed by atoms with van der Waals surface area (Å²) in [4.78, 5) is 18.3. The first-order chi connectivity index (χ1) is 9.43. The summed E-state index contributed by atoms with van der Waals surface area (Å²) in [7, 11) is -2.14. The van der Waals surface area contributed by atoms with Crippen LogP contribution in [0.4, 0.5) is 0 Å². The van der Waals surface area contributed by atoms with Gasteiger partial charge >= 0.3 is 5.97 Å². The van der Waals surface area contributed by atoms with E-state index in [0.717, 1.165) is 19.3 Å². The highest BCUT2D eigenvalue weighted by atomic mass is 31.1. The molecule has 0 aromatic heterocycles. The Morgan fingerprint density at radius 1 is 1.05 bits per heavy atom. The number of hydrogen-bond acceptors (Lipinski definition) is 3. The van der Waals surface area contributed by atoms with E-state index in [4.69, 9.17) is 10.00 Å². The molecule has 0 heterocycles. The van der Waals surface area contributed by atoms with E-state index in [1.807, 2.05) is 6.92 Å². The molecule has 0 saturated carbocycles. The van der Waals surface area contributed by atoms with Gasteiger partial charge in [-0.25, -0.2) is 0 Å². The molecule has 0 aromatic carbocycles. The van der Waals surface area contributed by atoms with Crippen LogP contribution in [0.2, 0.25) is 0 Å². The fourth-order valence-electron chi connectivity index (χ4n) is 1.68. The molecule has 2 unspecified atom stereocenters. The van der Waals surface area contributed by atoms with Crippen molar-refractivity contribution in [3.63, 3.8) is 0 Å². The Morgan fingerprint density at radius 3 is 2.00 bits per heavy atom. The number of carbonyl (C=O) groups is 1. The van der Waals surface area contributed by atoms with Gasteiger partial charge in [0, 0.05) is 6.16 Å². The van der Waals surface area contributed by atoms with Crippen molar-refractivity contribution in [1.29, 1.82) is 0 Å². The Bertz CT molecular complexity index is 246. The highest BCUT2D eigenvalue weighted by molar-refractivity contribution is 7.37. The Kier molecular flexibility index (Phi) is 18.3. The van der Waals surface area contributed by atoms with Crippen LogP contribution in [0.25, 0.3) is 0 Å². The molecular weight excluding hydrogens is 279 g/mol. The Balaban J connectivity index is 0. The zero-order chi connectivity index (χ0) is 15.8. The van der Waals surface area contributed by atoms with Crippen LogP contribution in [0.3, 0.4) is 0 Å². The van der Waals surface area contributed by atoms with E-state index in [0.29, 0.717) is 12.6 Å². The summed E-state index contributed by atoms with van der Waals surface area (Å²) < 4.78 is 9.78. The van der Waals surface area contributed by atoms with Gasteiger partial charge in [-0.1, -0.05) is 52.4 Å². The number of aliphatic hydroxyl groups is 1. The Labute approximate surface area is 123 Å². The van der Waals surface area contributed by atoms with Crippen molar-refractivity contribution >= 4 is 14.0 Å². The minimum absolute atomic E-state index is 0.116. The quantitative estimate of drug-likeness (QED) is 0.401. The molecule has 122 valence electrons. The maximum Gasteiger partial charge on any atom is 0.305 e. The molecule has 0 bridgehead atoms. The molecule has 0 rings (SSSR count). The van der Waals surface area contributed by atoms with Crippen molar-refractivity contribution in [2.45, 2.75) is 77.7 Å². The number of hydrogen-bond donors (Lipinski definition) is 3. The molecule has 0 radical (unpaired) electrons. The van der Waals surface area contributed by atoms with Crippen LogP contribution >= 0.6 is 8.03 Å². The van der Waals surface area contributed by atoms with E-state index < -0.39 is 20.1 Å². The maximum atomic E-state index is 10.2. The van der Waals surface area contributed by atoms with Crippen molar-refractivity contribution in [3.8, 4) is 0 Å². The molecular formula is C14H31O5P. The summed E-state index contributed by atoms with van der Waals surface area (Å²) in [5.41, 5.74) is 0. The minimum Gasteiger partial charge on any atom is -0.481 e. The molecule has 0 spiro atoms. The van der Waals surface area contributed by atoms with Crippen LogP contribution in [-0.4, -0.2) is 33.3 Å². The van der Waals surface area contributed by atoms with Crippen molar-refractivity contribution in [3.05, 3.63) is 0 Å². The third-order valence-corrected chi connectivity index (χ3v) is 3.69. The third-order valence-electron chi connectivity index (χ3n) is 2.77. The van der Waals surface area contributed by atoms with E-state index in [-0.39, 0.29) is 6.42 Å². The highest BCUT2D eigenvalue weighted by Gasteiger charge is 2.08. The predicted octanol–water partition coefficient (Wildman–Crippen LogP) is 3.44. The molecule has 0 aromatic rings. The number of aliphatic carboxylic acids is 1. The summed E-state index contributed by atoms with van der Waals surface area (Å²) in [6.07, 6.45) is 8.17. The van der Waals surface area contributed by atoms with Gasteiger partial charge in [-0.3, -0.25) is 9.36 Å². The monoisotopic (exact) mass is 310 g/mol. The lowest BCUT2D eigenvalue weighted by atomic mass is 10.1. The Hall–Kier alpha value is -0.380. The van der Waals surface area contributed by atoms with E-state index >= 15 is 0 Å². The van der Waals surface area contributed by atoms with Gasteiger partial charge in [0.25, 0.3) is 0 Å². The third kappa shape index (κ3) is 22.8. The summed E-state index contributed by atoms with van der Waals surface area (Å²) in [5.74, 6) is -0.913. The zero-order valence-electron chi connectivity index (χ0n) is 12.8. The average Bonchev–Trinajstić information content (AvgIpc) is 2.33. The standard InChI is InChI=1S/C11H22O3.C3H9O2P/c1-2-3-4-5-6-7-8-10(12)9-11(13)14;1-2-3-6(4)5/h10,12H,2-9H2,1H3,(H,13,14);6H,2-3H2,1H3,(H,4,5). The van der Waals surface area contributed by atoms with Gasteiger partial charge in [-0.15, -0.1) is 0 Å². The molecule has 0 amide bonds. The second-order valence-electron chi connectivity index (χ2n) is 4.95. The van der Waals surface area contributed by atoms with E-state index in [1.54, 1.807) is 0 Å². The smallest absolute Gasteiger partial charge is 0.305 e. The number of carboxylic acid groups (broad SMARTS) is 1.